The Labute approximate surface area is 95.0 Å². The summed E-state index contributed by atoms with van der Waals surface area (Å²) in [6, 6.07) is 8.91. The topological polar surface area (TPSA) is 53.3 Å². The second-order valence-electron chi connectivity index (χ2n) is 3.53. The predicted octanol–water partition coefficient (Wildman–Crippen LogP) is 1.42. The van der Waals surface area contributed by atoms with E-state index < -0.39 is 0 Å². The molecule has 16 heavy (non-hydrogen) atoms. The fourth-order valence-corrected chi connectivity index (χ4v) is 1.14. The second-order valence-corrected chi connectivity index (χ2v) is 3.53. The van der Waals surface area contributed by atoms with Gasteiger partial charge in [-0.1, -0.05) is 6.07 Å². The zero-order valence-corrected chi connectivity index (χ0v) is 9.43. The van der Waals surface area contributed by atoms with Crippen molar-refractivity contribution in [3.63, 3.8) is 0 Å². The second kappa shape index (κ2) is 5.76. The molecule has 0 aromatic heterocycles. The van der Waals surface area contributed by atoms with E-state index in [9.17, 15) is 4.79 Å². The number of benzene rings is 1. The lowest BCUT2D eigenvalue weighted by Gasteiger charge is -2.10. The van der Waals surface area contributed by atoms with Crippen molar-refractivity contribution in [3.05, 3.63) is 29.8 Å². The van der Waals surface area contributed by atoms with E-state index in [0.717, 1.165) is 0 Å². The van der Waals surface area contributed by atoms with Gasteiger partial charge >= 0.3 is 0 Å². The van der Waals surface area contributed by atoms with Crippen molar-refractivity contribution in [3.8, 4) is 11.8 Å². The molecule has 0 unspecified atom stereocenters. The maximum absolute atomic E-state index is 11.2. The van der Waals surface area contributed by atoms with E-state index in [1.165, 1.54) is 4.90 Å². The monoisotopic (exact) mass is 218 g/mol. The summed E-state index contributed by atoms with van der Waals surface area (Å²) >= 11 is 0. The number of hydrogen-bond acceptors (Lipinski definition) is 3. The number of carbonyl (C=O) groups excluding carboxylic acids is 1. The number of rotatable bonds is 4. The van der Waals surface area contributed by atoms with Crippen LogP contribution in [0.15, 0.2) is 24.3 Å². The highest BCUT2D eigenvalue weighted by Gasteiger charge is 2.03. The first kappa shape index (κ1) is 12.1. The van der Waals surface area contributed by atoms with E-state index in [4.69, 9.17) is 10.00 Å². The molecular formula is C12H14N2O2. The summed E-state index contributed by atoms with van der Waals surface area (Å²) in [4.78, 5) is 12.8. The zero-order valence-electron chi connectivity index (χ0n) is 9.43. The highest BCUT2D eigenvalue weighted by atomic mass is 16.5. The third-order valence-electron chi connectivity index (χ3n) is 2.05. The molecule has 1 amide bonds. The van der Waals surface area contributed by atoms with Gasteiger partial charge in [-0.25, -0.2) is 0 Å². The minimum atomic E-state index is 0.0245. The molecule has 0 fully saturated rings. The van der Waals surface area contributed by atoms with E-state index in [-0.39, 0.29) is 5.91 Å². The van der Waals surface area contributed by atoms with Crippen molar-refractivity contribution in [1.82, 2.24) is 4.90 Å². The van der Waals surface area contributed by atoms with Crippen LogP contribution in [0.3, 0.4) is 0 Å². The van der Waals surface area contributed by atoms with Gasteiger partial charge in [-0.05, 0) is 18.2 Å². The van der Waals surface area contributed by atoms with Crippen molar-refractivity contribution in [1.29, 1.82) is 5.26 Å². The van der Waals surface area contributed by atoms with Gasteiger partial charge in [0.15, 0.2) is 0 Å². The molecule has 0 aliphatic rings. The van der Waals surface area contributed by atoms with Crippen LogP contribution in [0.5, 0.6) is 5.75 Å². The number of amides is 1. The first-order valence-corrected chi connectivity index (χ1v) is 4.96. The molecular weight excluding hydrogens is 204 g/mol. The van der Waals surface area contributed by atoms with Crippen LogP contribution in [0.4, 0.5) is 0 Å². The molecule has 0 radical (unpaired) electrons. The van der Waals surface area contributed by atoms with E-state index in [0.29, 0.717) is 24.3 Å². The minimum absolute atomic E-state index is 0.0245. The molecule has 1 rings (SSSR count). The molecule has 1 aromatic rings. The molecule has 0 atom stereocenters. The fraction of sp³-hybridized carbons (Fsp3) is 0.333. The normalized spacial score (nSPS) is 9.31. The summed E-state index contributed by atoms with van der Waals surface area (Å²) in [5.41, 5.74) is 0.552. The molecule has 0 saturated carbocycles. The molecule has 0 aliphatic heterocycles. The quantitative estimate of drug-likeness (QED) is 0.767. The van der Waals surface area contributed by atoms with Crippen molar-refractivity contribution >= 4 is 5.91 Å². The first-order valence-electron chi connectivity index (χ1n) is 4.96. The number of hydrogen-bond donors (Lipinski definition) is 0. The van der Waals surface area contributed by atoms with Crippen LogP contribution in [0.25, 0.3) is 0 Å². The summed E-state index contributed by atoms with van der Waals surface area (Å²) in [5.74, 6) is 0.641. The summed E-state index contributed by atoms with van der Waals surface area (Å²) in [6.07, 6.45) is 0.337. The smallest absolute Gasteiger partial charge is 0.225 e. The van der Waals surface area contributed by atoms with Crippen LogP contribution in [-0.4, -0.2) is 31.5 Å². The lowest BCUT2D eigenvalue weighted by Crippen LogP contribution is -2.23. The summed E-state index contributed by atoms with van der Waals surface area (Å²) < 4.78 is 5.37. The summed E-state index contributed by atoms with van der Waals surface area (Å²) in [5, 5.41) is 8.68. The molecule has 0 aliphatic carbocycles. The largest absolute Gasteiger partial charge is 0.493 e. The van der Waals surface area contributed by atoms with Gasteiger partial charge in [0.25, 0.3) is 0 Å². The molecule has 4 heteroatoms. The van der Waals surface area contributed by atoms with Gasteiger partial charge < -0.3 is 9.64 Å². The maximum atomic E-state index is 11.2. The lowest BCUT2D eigenvalue weighted by molar-refractivity contribution is -0.129. The van der Waals surface area contributed by atoms with Crippen molar-refractivity contribution in [2.45, 2.75) is 6.42 Å². The number of nitriles is 1. The van der Waals surface area contributed by atoms with Crippen LogP contribution >= 0.6 is 0 Å². The van der Waals surface area contributed by atoms with Crippen LogP contribution in [0.2, 0.25) is 0 Å². The Bertz CT molecular complexity index is 408. The van der Waals surface area contributed by atoms with E-state index in [1.807, 2.05) is 6.07 Å². The molecule has 1 aromatic carbocycles. The molecule has 0 saturated heterocycles. The molecule has 0 heterocycles. The molecule has 4 nitrogen and oxygen atoms in total. The Morgan fingerprint density at radius 1 is 1.50 bits per heavy atom. The van der Waals surface area contributed by atoms with Crippen LogP contribution in [0, 0.1) is 11.3 Å². The molecule has 0 spiro atoms. The lowest BCUT2D eigenvalue weighted by atomic mass is 10.2. The maximum Gasteiger partial charge on any atom is 0.225 e. The van der Waals surface area contributed by atoms with Crippen molar-refractivity contribution in [2.24, 2.45) is 0 Å². The highest BCUT2D eigenvalue weighted by Crippen LogP contribution is 2.12. The van der Waals surface area contributed by atoms with Gasteiger partial charge in [-0.2, -0.15) is 5.26 Å². The van der Waals surface area contributed by atoms with Gasteiger partial charge in [0, 0.05) is 14.1 Å². The van der Waals surface area contributed by atoms with E-state index >= 15 is 0 Å². The Hall–Kier alpha value is -2.02. The Balaban J connectivity index is 2.43. The average Bonchev–Trinajstić information content (AvgIpc) is 2.29. The SMILES string of the molecule is CN(C)C(=O)CCOc1cccc(C#N)c1. The Morgan fingerprint density at radius 3 is 2.88 bits per heavy atom. The van der Waals surface area contributed by atoms with Crippen LogP contribution in [0.1, 0.15) is 12.0 Å². The molecule has 84 valence electrons. The average molecular weight is 218 g/mol. The minimum Gasteiger partial charge on any atom is -0.493 e. The summed E-state index contributed by atoms with van der Waals surface area (Å²) in [7, 11) is 3.41. The third kappa shape index (κ3) is 3.62. The Kier molecular flexibility index (Phi) is 4.34. The number of carbonyl (C=O) groups is 1. The predicted molar refractivity (Wildman–Crippen MR) is 60.0 cm³/mol. The van der Waals surface area contributed by atoms with Crippen molar-refractivity contribution < 1.29 is 9.53 Å². The standard InChI is InChI=1S/C12H14N2O2/c1-14(2)12(15)6-7-16-11-5-3-4-10(8-11)9-13/h3-5,8H,6-7H2,1-2H3. The van der Waals surface area contributed by atoms with Gasteiger partial charge in [0.1, 0.15) is 5.75 Å². The van der Waals surface area contributed by atoms with Gasteiger partial charge in [-0.15, -0.1) is 0 Å². The third-order valence-corrected chi connectivity index (χ3v) is 2.05. The van der Waals surface area contributed by atoms with E-state index in [2.05, 4.69) is 0 Å². The van der Waals surface area contributed by atoms with Crippen molar-refractivity contribution in [2.75, 3.05) is 20.7 Å². The van der Waals surface area contributed by atoms with E-state index in [1.54, 1.807) is 38.4 Å². The first-order chi connectivity index (χ1) is 7.63. The zero-order chi connectivity index (χ0) is 12.0. The summed E-state index contributed by atoms with van der Waals surface area (Å²) in [6.45, 7) is 0.325. The van der Waals surface area contributed by atoms with Gasteiger partial charge in [-0.3, -0.25) is 4.79 Å². The van der Waals surface area contributed by atoms with Crippen LogP contribution in [-0.2, 0) is 4.79 Å². The number of ether oxygens (including phenoxy) is 1. The van der Waals surface area contributed by atoms with Gasteiger partial charge in [0.2, 0.25) is 5.91 Å². The Morgan fingerprint density at radius 2 is 2.25 bits per heavy atom. The fourth-order valence-electron chi connectivity index (χ4n) is 1.14. The number of nitrogens with zero attached hydrogens (tertiary/aromatic N) is 2. The van der Waals surface area contributed by atoms with Crippen LogP contribution < -0.4 is 4.74 Å². The molecule has 0 bridgehead atoms. The molecule has 0 N–H and O–H groups in total. The van der Waals surface area contributed by atoms with Gasteiger partial charge in [0.05, 0.1) is 24.7 Å². The highest BCUT2D eigenvalue weighted by molar-refractivity contribution is 5.75.